The second kappa shape index (κ2) is 8.92. The number of amides is 1. The normalized spacial score (nSPS) is 11.8. The molecule has 1 aromatic rings. The average molecular weight is 309 g/mol. The van der Waals surface area contributed by atoms with Crippen molar-refractivity contribution in [3.63, 3.8) is 0 Å². The maximum atomic E-state index is 11.5. The van der Waals surface area contributed by atoms with Crippen LogP contribution in [0.1, 0.15) is 27.2 Å². The fourth-order valence-electron chi connectivity index (χ4n) is 1.56. The van der Waals surface area contributed by atoms with Crippen molar-refractivity contribution in [1.82, 2.24) is 5.32 Å². The van der Waals surface area contributed by atoms with Gasteiger partial charge in [-0.1, -0.05) is 19.9 Å². The van der Waals surface area contributed by atoms with Crippen LogP contribution in [0.15, 0.2) is 24.3 Å². The smallest absolute Gasteiger partial charge is 0.325 e. The molecule has 1 aromatic carbocycles. The Kier molecular flexibility index (Phi) is 7.22. The zero-order valence-corrected chi connectivity index (χ0v) is 13.2. The standard InChI is InChI=1S/C16H23NO5/c1-11(2)7-8-21-13-5-4-6-14(9-13)22-10-15(18)17-12(3)16(19)20/h4-6,9,11-12H,7-8,10H2,1-3H3,(H,17,18)(H,19,20)/t12-/m0/s1. The maximum absolute atomic E-state index is 11.5. The van der Waals surface area contributed by atoms with E-state index in [-0.39, 0.29) is 6.61 Å². The van der Waals surface area contributed by atoms with Crippen LogP contribution < -0.4 is 14.8 Å². The van der Waals surface area contributed by atoms with E-state index in [1.54, 1.807) is 18.2 Å². The lowest BCUT2D eigenvalue weighted by Crippen LogP contribution is -2.40. The van der Waals surface area contributed by atoms with Crippen LogP contribution in [0.3, 0.4) is 0 Å². The van der Waals surface area contributed by atoms with Crippen molar-refractivity contribution in [1.29, 1.82) is 0 Å². The Labute approximate surface area is 130 Å². The summed E-state index contributed by atoms with van der Waals surface area (Å²) in [5.74, 6) is 0.173. The lowest BCUT2D eigenvalue weighted by atomic mass is 10.1. The number of carboxylic acids is 1. The number of rotatable bonds is 9. The number of hydrogen-bond donors (Lipinski definition) is 2. The Morgan fingerprint density at radius 3 is 2.41 bits per heavy atom. The van der Waals surface area contributed by atoms with Gasteiger partial charge in [-0.25, -0.2) is 0 Å². The van der Waals surface area contributed by atoms with Crippen molar-refractivity contribution >= 4 is 11.9 Å². The first-order valence-corrected chi connectivity index (χ1v) is 7.26. The molecule has 1 rings (SSSR count). The zero-order chi connectivity index (χ0) is 16.5. The van der Waals surface area contributed by atoms with Gasteiger partial charge in [0.2, 0.25) is 0 Å². The Hall–Kier alpha value is -2.24. The summed E-state index contributed by atoms with van der Waals surface area (Å²) in [5.41, 5.74) is 0. The van der Waals surface area contributed by atoms with Gasteiger partial charge >= 0.3 is 5.97 Å². The molecule has 0 heterocycles. The first kappa shape index (κ1) is 17.8. The van der Waals surface area contributed by atoms with E-state index < -0.39 is 17.9 Å². The molecule has 1 atom stereocenters. The van der Waals surface area contributed by atoms with E-state index in [4.69, 9.17) is 14.6 Å². The molecule has 0 fully saturated rings. The van der Waals surface area contributed by atoms with Gasteiger partial charge in [-0.05, 0) is 31.4 Å². The van der Waals surface area contributed by atoms with E-state index in [9.17, 15) is 9.59 Å². The lowest BCUT2D eigenvalue weighted by molar-refractivity contribution is -0.141. The number of nitrogens with one attached hydrogen (secondary N) is 1. The maximum Gasteiger partial charge on any atom is 0.325 e. The monoisotopic (exact) mass is 309 g/mol. The van der Waals surface area contributed by atoms with E-state index >= 15 is 0 Å². The highest BCUT2D eigenvalue weighted by molar-refractivity contribution is 5.84. The molecule has 0 aliphatic carbocycles. The van der Waals surface area contributed by atoms with Gasteiger partial charge in [0.05, 0.1) is 6.61 Å². The van der Waals surface area contributed by atoms with Crippen molar-refractivity contribution in [3.05, 3.63) is 24.3 Å². The lowest BCUT2D eigenvalue weighted by Gasteiger charge is -2.12. The summed E-state index contributed by atoms with van der Waals surface area (Å²) >= 11 is 0. The topological polar surface area (TPSA) is 84.9 Å². The minimum Gasteiger partial charge on any atom is -0.493 e. The number of carboxylic acid groups (broad SMARTS) is 1. The van der Waals surface area contributed by atoms with Crippen LogP contribution in [0.25, 0.3) is 0 Å². The summed E-state index contributed by atoms with van der Waals surface area (Å²) in [6.07, 6.45) is 0.959. The van der Waals surface area contributed by atoms with Gasteiger partial charge in [0.25, 0.3) is 5.91 Å². The summed E-state index contributed by atoms with van der Waals surface area (Å²) in [5, 5.41) is 11.0. The minimum atomic E-state index is -1.09. The predicted octanol–water partition coefficient (Wildman–Crippen LogP) is 2.08. The van der Waals surface area contributed by atoms with E-state index in [1.165, 1.54) is 6.92 Å². The second-order valence-electron chi connectivity index (χ2n) is 5.42. The van der Waals surface area contributed by atoms with Crippen LogP contribution in [0.5, 0.6) is 11.5 Å². The van der Waals surface area contributed by atoms with Crippen molar-refractivity contribution in [2.24, 2.45) is 5.92 Å². The van der Waals surface area contributed by atoms with Crippen LogP contribution in [-0.2, 0) is 9.59 Å². The highest BCUT2D eigenvalue weighted by Crippen LogP contribution is 2.19. The number of hydrogen-bond acceptors (Lipinski definition) is 4. The first-order chi connectivity index (χ1) is 10.4. The Morgan fingerprint density at radius 2 is 1.82 bits per heavy atom. The molecule has 0 radical (unpaired) electrons. The van der Waals surface area contributed by atoms with Crippen molar-refractivity contribution in [3.8, 4) is 11.5 Å². The Morgan fingerprint density at radius 1 is 1.18 bits per heavy atom. The molecule has 0 aliphatic heterocycles. The van der Waals surface area contributed by atoms with Crippen molar-refractivity contribution in [2.45, 2.75) is 33.2 Å². The van der Waals surface area contributed by atoms with Crippen molar-refractivity contribution in [2.75, 3.05) is 13.2 Å². The molecule has 0 aliphatic rings. The van der Waals surface area contributed by atoms with Crippen LogP contribution in [0.4, 0.5) is 0 Å². The molecular formula is C16H23NO5. The quantitative estimate of drug-likeness (QED) is 0.729. The largest absolute Gasteiger partial charge is 0.493 e. The minimum absolute atomic E-state index is 0.243. The first-order valence-electron chi connectivity index (χ1n) is 7.26. The molecule has 6 nitrogen and oxygen atoms in total. The second-order valence-corrected chi connectivity index (χ2v) is 5.42. The molecule has 1 amide bonds. The fourth-order valence-corrected chi connectivity index (χ4v) is 1.56. The number of ether oxygens (including phenoxy) is 2. The SMILES string of the molecule is CC(C)CCOc1cccc(OCC(=O)N[C@@H](C)C(=O)O)c1. The zero-order valence-electron chi connectivity index (χ0n) is 13.2. The molecule has 0 bridgehead atoms. The van der Waals surface area contributed by atoms with Gasteiger partial charge < -0.3 is 19.9 Å². The van der Waals surface area contributed by atoms with Gasteiger partial charge in [0, 0.05) is 6.07 Å². The summed E-state index contributed by atoms with van der Waals surface area (Å²) in [7, 11) is 0. The molecule has 0 unspecified atom stereocenters. The molecule has 22 heavy (non-hydrogen) atoms. The molecule has 0 spiro atoms. The van der Waals surface area contributed by atoms with Gasteiger partial charge in [0.1, 0.15) is 17.5 Å². The summed E-state index contributed by atoms with van der Waals surface area (Å²) < 4.78 is 10.9. The molecule has 6 heteroatoms. The number of benzene rings is 1. The van der Waals surface area contributed by atoms with E-state index in [0.717, 1.165) is 6.42 Å². The fraction of sp³-hybridized carbons (Fsp3) is 0.500. The van der Waals surface area contributed by atoms with Gasteiger partial charge in [0.15, 0.2) is 6.61 Å². The molecule has 0 saturated heterocycles. The van der Waals surface area contributed by atoms with Crippen LogP contribution in [0.2, 0.25) is 0 Å². The van der Waals surface area contributed by atoms with Crippen molar-refractivity contribution < 1.29 is 24.2 Å². The molecular weight excluding hydrogens is 286 g/mol. The van der Waals surface area contributed by atoms with Crippen LogP contribution in [-0.4, -0.2) is 36.2 Å². The van der Waals surface area contributed by atoms with E-state index in [0.29, 0.717) is 24.0 Å². The molecule has 0 saturated carbocycles. The molecule has 122 valence electrons. The van der Waals surface area contributed by atoms with E-state index in [2.05, 4.69) is 19.2 Å². The third kappa shape index (κ3) is 6.97. The summed E-state index contributed by atoms with van der Waals surface area (Å²) in [4.78, 5) is 22.2. The Balaban J connectivity index is 2.42. The number of carbonyl (C=O) groups is 2. The van der Waals surface area contributed by atoms with Gasteiger partial charge in [-0.15, -0.1) is 0 Å². The average Bonchev–Trinajstić information content (AvgIpc) is 2.45. The third-order valence-electron chi connectivity index (χ3n) is 2.89. The van der Waals surface area contributed by atoms with Gasteiger partial charge in [-0.2, -0.15) is 0 Å². The highest BCUT2D eigenvalue weighted by Gasteiger charge is 2.14. The van der Waals surface area contributed by atoms with Gasteiger partial charge in [-0.3, -0.25) is 9.59 Å². The molecule has 0 aromatic heterocycles. The summed E-state index contributed by atoms with van der Waals surface area (Å²) in [6, 6.07) is 6.07. The third-order valence-corrected chi connectivity index (χ3v) is 2.89. The number of aliphatic carboxylic acids is 1. The number of carbonyl (C=O) groups excluding carboxylic acids is 1. The van der Waals surface area contributed by atoms with Crippen LogP contribution in [0, 0.1) is 5.92 Å². The highest BCUT2D eigenvalue weighted by atomic mass is 16.5. The molecule has 2 N–H and O–H groups in total. The summed E-state index contributed by atoms with van der Waals surface area (Å²) in [6.45, 7) is 6.02. The Bertz CT molecular complexity index is 501. The van der Waals surface area contributed by atoms with Crippen LogP contribution >= 0.6 is 0 Å². The van der Waals surface area contributed by atoms with E-state index in [1.807, 2.05) is 6.07 Å². The predicted molar refractivity (Wildman–Crippen MR) is 82.1 cm³/mol.